The largest absolute Gasteiger partial charge is 0.459 e. The summed E-state index contributed by atoms with van der Waals surface area (Å²) in [6.07, 6.45) is 1.19. The maximum Gasteiger partial charge on any atom is 0.326 e. The SMILES string of the molecule is O=C(Cn1c(=O)cnc2ccccc21)OCc1ccc(Cl)cc1Cl. The molecule has 1 heterocycles. The monoisotopic (exact) mass is 362 g/mol. The molecule has 3 aromatic rings. The second-order valence-electron chi connectivity index (χ2n) is 5.07. The maximum atomic E-state index is 12.1. The molecule has 24 heavy (non-hydrogen) atoms. The number of para-hydroxylation sites is 2. The van der Waals surface area contributed by atoms with Gasteiger partial charge in [0.15, 0.2) is 0 Å². The molecule has 7 heteroatoms. The van der Waals surface area contributed by atoms with E-state index >= 15 is 0 Å². The number of rotatable bonds is 4. The van der Waals surface area contributed by atoms with Crippen molar-refractivity contribution in [2.75, 3.05) is 0 Å². The summed E-state index contributed by atoms with van der Waals surface area (Å²) < 4.78 is 6.54. The Kier molecular flexibility index (Phi) is 4.83. The third-order valence-corrected chi connectivity index (χ3v) is 4.03. The van der Waals surface area contributed by atoms with Gasteiger partial charge in [-0.15, -0.1) is 0 Å². The number of hydrogen-bond donors (Lipinski definition) is 0. The van der Waals surface area contributed by atoms with Crippen molar-refractivity contribution >= 4 is 40.2 Å². The van der Waals surface area contributed by atoms with Crippen LogP contribution in [0.15, 0.2) is 53.5 Å². The molecule has 0 N–H and O–H groups in total. The molecule has 0 unspecified atom stereocenters. The molecule has 0 aliphatic rings. The molecule has 0 fully saturated rings. The zero-order valence-corrected chi connectivity index (χ0v) is 13.9. The molecule has 0 saturated heterocycles. The molecule has 0 aliphatic heterocycles. The van der Waals surface area contributed by atoms with Crippen LogP contribution >= 0.6 is 23.2 Å². The molecule has 5 nitrogen and oxygen atoms in total. The highest BCUT2D eigenvalue weighted by Crippen LogP contribution is 2.21. The van der Waals surface area contributed by atoms with E-state index in [1.807, 2.05) is 6.07 Å². The molecular formula is C17H12Cl2N2O3. The lowest BCUT2D eigenvalue weighted by Crippen LogP contribution is -2.25. The van der Waals surface area contributed by atoms with Crippen molar-refractivity contribution in [1.82, 2.24) is 9.55 Å². The summed E-state index contributed by atoms with van der Waals surface area (Å²) in [6.45, 7) is -0.195. The number of aromatic nitrogens is 2. The molecular weight excluding hydrogens is 351 g/mol. The van der Waals surface area contributed by atoms with Gasteiger partial charge in [0.1, 0.15) is 13.2 Å². The second kappa shape index (κ2) is 7.03. The van der Waals surface area contributed by atoms with Crippen molar-refractivity contribution in [3.63, 3.8) is 0 Å². The molecule has 0 bridgehead atoms. The second-order valence-corrected chi connectivity index (χ2v) is 5.91. The van der Waals surface area contributed by atoms with Gasteiger partial charge < -0.3 is 4.74 Å². The molecule has 0 saturated carbocycles. The van der Waals surface area contributed by atoms with Gasteiger partial charge in [0.05, 0.1) is 17.2 Å². The average molecular weight is 363 g/mol. The number of ether oxygens (including phenoxy) is 1. The van der Waals surface area contributed by atoms with Crippen LogP contribution in [0.5, 0.6) is 0 Å². The van der Waals surface area contributed by atoms with Crippen LogP contribution in [0.1, 0.15) is 5.56 Å². The van der Waals surface area contributed by atoms with Gasteiger partial charge in [-0.3, -0.25) is 14.2 Å². The van der Waals surface area contributed by atoms with E-state index in [0.29, 0.717) is 26.6 Å². The van der Waals surface area contributed by atoms with Gasteiger partial charge in [-0.1, -0.05) is 41.4 Å². The lowest BCUT2D eigenvalue weighted by Gasteiger charge is -2.10. The summed E-state index contributed by atoms with van der Waals surface area (Å²) in [5.41, 5.74) is 1.48. The Morgan fingerprint density at radius 2 is 1.96 bits per heavy atom. The Bertz CT molecular complexity index is 969. The number of carbonyl (C=O) groups is 1. The first-order chi connectivity index (χ1) is 11.5. The number of nitrogens with zero attached hydrogens (tertiary/aromatic N) is 2. The van der Waals surface area contributed by atoms with E-state index in [9.17, 15) is 9.59 Å². The summed E-state index contributed by atoms with van der Waals surface area (Å²) >= 11 is 11.9. The zero-order valence-electron chi connectivity index (χ0n) is 12.4. The van der Waals surface area contributed by atoms with Crippen LogP contribution < -0.4 is 5.56 Å². The van der Waals surface area contributed by atoms with Gasteiger partial charge in [-0.05, 0) is 24.3 Å². The van der Waals surface area contributed by atoms with Crippen molar-refractivity contribution in [3.8, 4) is 0 Å². The van der Waals surface area contributed by atoms with E-state index in [0.717, 1.165) is 0 Å². The van der Waals surface area contributed by atoms with E-state index in [1.165, 1.54) is 10.8 Å². The molecule has 0 spiro atoms. The highest BCUT2D eigenvalue weighted by atomic mass is 35.5. The van der Waals surface area contributed by atoms with E-state index in [2.05, 4.69) is 4.98 Å². The average Bonchev–Trinajstić information content (AvgIpc) is 2.57. The Labute approximate surface area is 147 Å². The Morgan fingerprint density at radius 3 is 2.75 bits per heavy atom. The number of carbonyl (C=O) groups excluding carboxylic acids is 1. The minimum atomic E-state index is -0.542. The lowest BCUT2D eigenvalue weighted by atomic mass is 10.2. The van der Waals surface area contributed by atoms with E-state index in [4.69, 9.17) is 27.9 Å². The topological polar surface area (TPSA) is 61.2 Å². The molecule has 3 rings (SSSR count). The predicted octanol–water partition coefficient (Wildman–Crippen LogP) is 3.45. The molecule has 0 atom stereocenters. The first-order valence-corrected chi connectivity index (χ1v) is 7.84. The van der Waals surface area contributed by atoms with E-state index in [1.54, 1.807) is 36.4 Å². The molecule has 0 amide bonds. The molecule has 2 aromatic carbocycles. The van der Waals surface area contributed by atoms with Crippen molar-refractivity contribution in [1.29, 1.82) is 0 Å². The van der Waals surface area contributed by atoms with Gasteiger partial charge >= 0.3 is 5.97 Å². The molecule has 0 aliphatic carbocycles. The predicted molar refractivity (Wildman–Crippen MR) is 92.3 cm³/mol. The van der Waals surface area contributed by atoms with Crippen LogP contribution in [0.25, 0.3) is 11.0 Å². The summed E-state index contributed by atoms with van der Waals surface area (Å²) in [5, 5.41) is 0.923. The molecule has 122 valence electrons. The first kappa shape index (κ1) is 16.5. The first-order valence-electron chi connectivity index (χ1n) is 7.09. The summed E-state index contributed by atoms with van der Waals surface area (Å²) in [6, 6.07) is 12.0. The smallest absolute Gasteiger partial charge is 0.326 e. The molecule has 0 radical (unpaired) electrons. The third-order valence-electron chi connectivity index (χ3n) is 3.44. The van der Waals surface area contributed by atoms with Crippen molar-refractivity contribution in [2.45, 2.75) is 13.2 Å². The standard InChI is InChI=1S/C17H12Cl2N2O3/c18-12-6-5-11(13(19)7-12)10-24-17(23)9-21-15-4-2-1-3-14(15)20-8-16(21)22/h1-8H,9-10H2. The Balaban J connectivity index is 1.76. The Morgan fingerprint density at radius 1 is 1.17 bits per heavy atom. The third kappa shape index (κ3) is 3.58. The van der Waals surface area contributed by atoms with Gasteiger partial charge in [0.25, 0.3) is 5.56 Å². The highest BCUT2D eigenvalue weighted by molar-refractivity contribution is 6.35. The van der Waals surface area contributed by atoms with Crippen LogP contribution in [-0.2, 0) is 22.7 Å². The maximum absolute atomic E-state index is 12.1. The summed E-state index contributed by atoms with van der Waals surface area (Å²) in [5.74, 6) is -0.542. The van der Waals surface area contributed by atoms with Gasteiger partial charge in [0, 0.05) is 15.6 Å². The fourth-order valence-electron chi connectivity index (χ4n) is 2.25. The summed E-state index contributed by atoms with van der Waals surface area (Å²) in [7, 11) is 0. The fraction of sp³-hybridized carbons (Fsp3) is 0.118. The number of hydrogen-bond acceptors (Lipinski definition) is 4. The van der Waals surface area contributed by atoms with E-state index < -0.39 is 5.97 Å². The van der Waals surface area contributed by atoms with Gasteiger partial charge in [0.2, 0.25) is 0 Å². The van der Waals surface area contributed by atoms with Crippen LogP contribution in [-0.4, -0.2) is 15.5 Å². The minimum absolute atomic E-state index is 0.00655. The summed E-state index contributed by atoms with van der Waals surface area (Å²) in [4.78, 5) is 28.1. The van der Waals surface area contributed by atoms with Crippen LogP contribution in [0.2, 0.25) is 10.0 Å². The highest BCUT2D eigenvalue weighted by Gasteiger charge is 2.11. The quantitative estimate of drug-likeness (QED) is 0.667. The number of benzene rings is 2. The zero-order chi connectivity index (χ0) is 17.1. The molecule has 1 aromatic heterocycles. The number of halogens is 2. The van der Waals surface area contributed by atoms with Crippen LogP contribution in [0.3, 0.4) is 0 Å². The van der Waals surface area contributed by atoms with Gasteiger partial charge in [-0.2, -0.15) is 0 Å². The minimum Gasteiger partial charge on any atom is -0.459 e. The van der Waals surface area contributed by atoms with E-state index in [-0.39, 0.29) is 18.7 Å². The van der Waals surface area contributed by atoms with Crippen molar-refractivity contribution in [2.24, 2.45) is 0 Å². The van der Waals surface area contributed by atoms with Crippen molar-refractivity contribution in [3.05, 3.63) is 74.6 Å². The lowest BCUT2D eigenvalue weighted by molar-refractivity contribution is -0.145. The van der Waals surface area contributed by atoms with Crippen LogP contribution in [0, 0.1) is 0 Å². The fourth-order valence-corrected chi connectivity index (χ4v) is 2.71. The van der Waals surface area contributed by atoms with Crippen molar-refractivity contribution < 1.29 is 9.53 Å². The Hall–Kier alpha value is -2.37. The number of fused-ring (bicyclic) bond motifs is 1. The normalized spacial score (nSPS) is 10.8. The van der Waals surface area contributed by atoms with Gasteiger partial charge in [-0.25, -0.2) is 4.98 Å². The number of esters is 1. The van der Waals surface area contributed by atoms with Crippen LogP contribution in [0.4, 0.5) is 0 Å².